The van der Waals surface area contributed by atoms with E-state index >= 15 is 0 Å². The highest BCUT2D eigenvalue weighted by atomic mass is 35.5. The van der Waals surface area contributed by atoms with E-state index in [-0.39, 0.29) is 17.7 Å². The molecule has 2 amide bonds. The molecule has 1 aromatic rings. The number of rotatable bonds is 5. The monoisotopic (exact) mass is 394 g/mol. The molecule has 2 rings (SSSR count). The van der Waals surface area contributed by atoms with Crippen molar-refractivity contribution in [2.45, 2.75) is 65.0 Å². The Morgan fingerprint density at radius 1 is 1.33 bits per heavy atom. The lowest BCUT2D eigenvalue weighted by Crippen LogP contribution is -2.53. The van der Waals surface area contributed by atoms with Gasteiger partial charge in [-0.25, -0.2) is 0 Å². The van der Waals surface area contributed by atoms with E-state index < -0.39 is 17.6 Å². The minimum Gasteiger partial charge on any atom is -0.384 e. The first-order valence-electron chi connectivity index (χ1n) is 9.45. The van der Waals surface area contributed by atoms with Crippen molar-refractivity contribution < 1.29 is 14.7 Å². The lowest BCUT2D eigenvalue weighted by Gasteiger charge is -2.45. The fourth-order valence-electron chi connectivity index (χ4n) is 3.85. The van der Waals surface area contributed by atoms with Gasteiger partial charge in [-0.3, -0.25) is 9.59 Å². The van der Waals surface area contributed by atoms with Crippen LogP contribution in [0.2, 0.25) is 5.02 Å². The molecular formula is C21H31ClN2O3. The minimum atomic E-state index is -1.09. The lowest BCUT2D eigenvalue weighted by atomic mass is 9.70. The Labute approximate surface area is 167 Å². The number of aliphatic hydroxyl groups excluding tert-OH is 1. The lowest BCUT2D eigenvalue weighted by molar-refractivity contribution is -0.137. The van der Waals surface area contributed by atoms with E-state index in [1.165, 1.54) is 12.5 Å². The SMILES string of the molecule is C[C@H](O)C(=O)NC(C)(C)CC(=O)N1CCC(c2ccc(Cl)cc2)C(C)(C)C1. The molecule has 27 heavy (non-hydrogen) atoms. The molecule has 0 aliphatic carbocycles. The Morgan fingerprint density at radius 3 is 2.44 bits per heavy atom. The van der Waals surface area contributed by atoms with Crippen LogP contribution in [0.25, 0.3) is 0 Å². The smallest absolute Gasteiger partial charge is 0.248 e. The third kappa shape index (κ3) is 5.69. The second-order valence-corrected chi connectivity index (χ2v) is 9.36. The average Bonchev–Trinajstić information content (AvgIpc) is 2.54. The number of likely N-dealkylation sites (tertiary alicyclic amines) is 1. The molecule has 2 N–H and O–H groups in total. The van der Waals surface area contributed by atoms with Crippen molar-refractivity contribution in [3.8, 4) is 0 Å². The maximum absolute atomic E-state index is 12.8. The largest absolute Gasteiger partial charge is 0.384 e. The van der Waals surface area contributed by atoms with Gasteiger partial charge in [0.2, 0.25) is 11.8 Å². The van der Waals surface area contributed by atoms with Gasteiger partial charge < -0.3 is 15.3 Å². The summed E-state index contributed by atoms with van der Waals surface area (Å²) in [7, 11) is 0. The Kier molecular flexibility index (Phi) is 6.59. The number of nitrogens with zero attached hydrogens (tertiary/aromatic N) is 1. The molecule has 6 heteroatoms. The number of nitrogens with one attached hydrogen (secondary N) is 1. The van der Waals surface area contributed by atoms with Crippen LogP contribution in [-0.2, 0) is 9.59 Å². The number of hydrogen-bond donors (Lipinski definition) is 2. The quantitative estimate of drug-likeness (QED) is 0.804. The van der Waals surface area contributed by atoms with Crippen molar-refractivity contribution in [2.75, 3.05) is 13.1 Å². The molecule has 5 nitrogen and oxygen atoms in total. The van der Waals surface area contributed by atoms with Crippen molar-refractivity contribution in [2.24, 2.45) is 5.41 Å². The maximum atomic E-state index is 12.8. The van der Waals surface area contributed by atoms with Gasteiger partial charge in [-0.1, -0.05) is 37.6 Å². The number of hydrogen-bond acceptors (Lipinski definition) is 3. The third-order valence-electron chi connectivity index (χ3n) is 5.29. The fraction of sp³-hybridized carbons (Fsp3) is 0.619. The van der Waals surface area contributed by atoms with Gasteiger partial charge in [0.05, 0.1) is 0 Å². The molecule has 2 atom stereocenters. The van der Waals surface area contributed by atoms with Crippen molar-refractivity contribution in [1.29, 1.82) is 0 Å². The predicted octanol–water partition coefficient (Wildman–Crippen LogP) is 3.35. The van der Waals surface area contributed by atoms with Crippen LogP contribution < -0.4 is 5.32 Å². The average molecular weight is 395 g/mol. The van der Waals surface area contributed by atoms with Gasteiger partial charge in [0.1, 0.15) is 6.10 Å². The van der Waals surface area contributed by atoms with Gasteiger partial charge in [0.25, 0.3) is 0 Å². The summed E-state index contributed by atoms with van der Waals surface area (Å²) in [6.07, 6.45) is 0.00184. The molecular weight excluding hydrogens is 364 g/mol. The van der Waals surface area contributed by atoms with Gasteiger partial charge in [-0.15, -0.1) is 0 Å². The molecule has 0 aromatic heterocycles. The molecule has 0 bridgehead atoms. The molecule has 0 radical (unpaired) electrons. The van der Waals surface area contributed by atoms with E-state index in [0.29, 0.717) is 19.0 Å². The molecule has 1 aliphatic rings. The number of amides is 2. The second-order valence-electron chi connectivity index (χ2n) is 8.92. The van der Waals surface area contributed by atoms with Gasteiger partial charge in [0, 0.05) is 30.1 Å². The molecule has 150 valence electrons. The van der Waals surface area contributed by atoms with Crippen LogP contribution >= 0.6 is 11.6 Å². The van der Waals surface area contributed by atoms with E-state index in [1.807, 2.05) is 17.0 Å². The van der Waals surface area contributed by atoms with Crippen LogP contribution in [0.15, 0.2) is 24.3 Å². The highest BCUT2D eigenvalue weighted by Gasteiger charge is 2.39. The van der Waals surface area contributed by atoms with E-state index in [0.717, 1.165) is 11.4 Å². The molecule has 1 aliphatic heterocycles. The summed E-state index contributed by atoms with van der Waals surface area (Å²) in [6, 6.07) is 7.97. The summed E-state index contributed by atoms with van der Waals surface area (Å²) in [5, 5.41) is 12.8. The Hall–Kier alpha value is -1.59. The van der Waals surface area contributed by atoms with Crippen molar-refractivity contribution in [3.05, 3.63) is 34.9 Å². The molecule has 0 spiro atoms. The Bertz CT molecular complexity index is 683. The van der Waals surface area contributed by atoms with Crippen LogP contribution in [-0.4, -0.2) is 46.6 Å². The summed E-state index contributed by atoms with van der Waals surface area (Å²) in [5.74, 6) is -0.0788. The number of carbonyl (C=O) groups is 2. The first kappa shape index (κ1) is 21.7. The van der Waals surface area contributed by atoms with Crippen LogP contribution in [0.4, 0.5) is 0 Å². The summed E-state index contributed by atoms with van der Waals surface area (Å²) in [4.78, 5) is 26.5. The molecule has 1 aromatic carbocycles. The number of benzene rings is 1. The van der Waals surface area contributed by atoms with E-state index in [9.17, 15) is 14.7 Å². The van der Waals surface area contributed by atoms with Crippen LogP contribution in [0.3, 0.4) is 0 Å². The van der Waals surface area contributed by atoms with E-state index in [4.69, 9.17) is 11.6 Å². The molecule has 1 unspecified atom stereocenters. The van der Waals surface area contributed by atoms with Crippen LogP contribution in [0.5, 0.6) is 0 Å². The molecule has 0 saturated carbocycles. The maximum Gasteiger partial charge on any atom is 0.248 e. The fourth-order valence-corrected chi connectivity index (χ4v) is 3.98. The number of halogens is 1. The highest BCUT2D eigenvalue weighted by molar-refractivity contribution is 6.30. The summed E-state index contributed by atoms with van der Waals surface area (Å²) < 4.78 is 0. The zero-order valence-electron chi connectivity index (χ0n) is 16.9. The summed E-state index contributed by atoms with van der Waals surface area (Å²) in [6.45, 7) is 10.7. The number of aliphatic hydroxyl groups is 1. The number of carbonyl (C=O) groups excluding carboxylic acids is 2. The summed E-state index contributed by atoms with van der Waals surface area (Å²) in [5.41, 5.74) is 0.484. The van der Waals surface area contributed by atoms with E-state index in [2.05, 4.69) is 31.3 Å². The van der Waals surface area contributed by atoms with Crippen molar-refractivity contribution in [3.63, 3.8) is 0 Å². The molecule has 1 heterocycles. The van der Waals surface area contributed by atoms with Crippen LogP contribution in [0, 0.1) is 5.41 Å². The zero-order chi connectivity index (χ0) is 20.4. The third-order valence-corrected chi connectivity index (χ3v) is 5.54. The first-order chi connectivity index (χ1) is 12.4. The van der Waals surface area contributed by atoms with Crippen molar-refractivity contribution in [1.82, 2.24) is 10.2 Å². The Balaban J connectivity index is 2.02. The van der Waals surface area contributed by atoms with Gasteiger partial charge in [-0.2, -0.15) is 0 Å². The number of piperidine rings is 1. The Morgan fingerprint density at radius 2 is 1.93 bits per heavy atom. The molecule has 1 saturated heterocycles. The van der Waals surface area contributed by atoms with Crippen LogP contribution in [0.1, 0.15) is 58.9 Å². The molecule has 1 fully saturated rings. The zero-order valence-corrected chi connectivity index (χ0v) is 17.6. The van der Waals surface area contributed by atoms with Gasteiger partial charge in [0.15, 0.2) is 0 Å². The standard InChI is InChI=1S/C21H31ClN2O3/c1-14(25)19(27)23-21(4,5)12-18(26)24-11-10-17(20(2,3)13-24)15-6-8-16(22)9-7-15/h6-9,14,17,25H,10-13H2,1-5H3,(H,23,27)/t14-,17?/m0/s1. The van der Waals surface area contributed by atoms with E-state index in [1.54, 1.807) is 13.8 Å². The second kappa shape index (κ2) is 8.19. The summed E-state index contributed by atoms with van der Waals surface area (Å²) >= 11 is 6.00. The van der Waals surface area contributed by atoms with Crippen molar-refractivity contribution >= 4 is 23.4 Å². The van der Waals surface area contributed by atoms with Gasteiger partial charge in [-0.05, 0) is 56.2 Å². The van der Waals surface area contributed by atoms with Gasteiger partial charge >= 0.3 is 0 Å². The minimum absolute atomic E-state index is 0.0218. The highest BCUT2D eigenvalue weighted by Crippen LogP contribution is 2.42. The first-order valence-corrected chi connectivity index (χ1v) is 9.82. The normalized spacial score (nSPS) is 20.9. The topological polar surface area (TPSA) is 69.6 Å². The predicted molar refractivity (Wildman–Crippen MR) is 108 cm³/mol.